The Kier molecular flexibility index (Phi) is 3.29. The fraction of sp³-hybridized carbons (Fsp3) is 0.625. The molecule has 98 valence electrons. The van der Waals surface area contributed by atoms with Crippen LogP contribution in [0.25, 0.3) is 0 Å². The summed E-state index contributed by atoms with van der Waals surface area (Å²) in [4.78, 5) is 0. The molecule has 18 heavy (non-hydrogen) atoms. The van der Waals surface area contributed by atoms with E-state index in [1.807, 2.05) is 30.3 Å². The molecule has 1 aliphatic heterocycles. The maximum absolute atomic E-state index is 6.26. The molecule has 1 aromatic rings. The van der Waals surface area contributed by atoms with Gasteiger partial charge in [0.15, 0.2) is 0 Å². The SMILES string of the molecule is CC1(C(Oc2ccccc2)C2CCCCC2)CO1. The van der Waals surface area contributed by atoms with Crippen LogP contribution in [0.15, 0.2) is 30.3 Å². The van der Waals surface area contributed by atoms with E-state index in [0.29, 0.717) is 5.92 Å². The van der Waals surface area contributed by atoms with Crippen LogP contribution in [-0.4, -0.2) is 18.3 Å². The Morgan fingerprint density at radius 2 is 1.83 bits per heavy atom. The van der Waals surface area contributed by atoms with Gasteiger partial charge < -0.3 is 9.47 Å². The van der Waals surface area contributed by atoms with Gasteiger partial charge in [-0.2, -0.15) is 0 Å². The van der Waals surface area contributed by atoms with E-state index in [-0.39, 0.29) is 11.7 Å². The summed E-state index contributed by atoms with van der Waals surface area (Å²) in [6.07, 6.45) is 6.87. The van der Waals surface area contributed by atoms with Crippen molar-refractivity contribution in [3.8, 4) is 5.75 Å². The van der Waals surface area contributed by atoms with Crippen molar-refractivity contribution >= 4 is 0 Å². The smallest absolute Gasteiger partial charge is 0.132 e. The Hall–Kier alpha value is -1.02. The number of hydrogen-bond acceptors (Lipinski definition) is 2. The maximum Gasteiger partial charge on any atom is 0.132 e. The van der Waals surface area contributed by atoms with Gasteiger partial charge in [-0.1, -0.05) is 37.5 Å². The molecule has 2 unspecified atom stereocenters. The summed E-state index contributed by atoms with van der Waals surface area (Å²) in [6, 6.07) is 10.2. The van der Waals surface area contributed by atoms with E-state index < -0.39 is 0 Å². The van der Waals surface area contributed by atoms with Crippen LogP contribution in [-0.2, 0) is 4.74 Å². The predicted octanol–water partition coefficient (Wildman–Crippen LogP) is 3.80. The normalized spacial score (nSPS) is 29.8. The van der Waals surface area contributed by atoms with E-state index in [2.05, 4.69) is 6.92 Å². The third-order valence-corrected chi connectivity index (χ3v) is 4.29. The van der Waals surface area contributed by atoms with Gasteiger partial charge >= 0.3 is 0 Å². The van der Waals surface area contributed by atoms with Gasteiger partial charge in [0.1, 0.15) is 17.5 Å². The molecule has 0 aromatic heterocycles. The number of benzene rings is 1. The van der Waals surface area contributed by atoms with Crippen LogP contribution >= 0.6 is 0 Å². The second kappa shape index (κ2) is 4.93. The van der Waals surface area contributed by atoms with Gasteiger partial charge in [-0.3, -0.25) is 0 Å². The van der Waals surface area contributed by atoms with Crippen molar-refractivity contribution < 1.29 is 9.47 Å². The van der Waals surface area contributed by atoms with E-state index in [1.165, 1.54) is 32.1 Å². The number of para-hydroxylation sites is 1. The second-order valence-electron chi connectivity index (χ2n) is 5.85. The lowest BCUT2D eigenvalue weighted by molar-refractivity contribution is 0.0402. The van der Waals surface area contributed by atoms with Gasteiger partial charge in [-0.15, -0.1) is 0 Å². The first-order valence-electron chi connectivity index (χ1n) is 7.14. The molecule has 0 spiro atoms. The summed E-state index contributed by atoms with van der Waals surface area (Å²) in [5.41, 5.74) is -0.0438. The molecular formula is C16H22O2. The van der Waals surface area contributed by atoms with Crippen molar-refractivity contribution in [2.24, 2.45) is 5.92 Å². The van der Waals surface area contributed by atoms with Gasteiger partial charge in [0, 0.05) is 0 Å². The first-order chi connectivity index (χ1) is 8.78. The van der Waals surface area contributed by atoms with Gasteiger partial charge in [0.2, 0.25) is 0 Å². The van der Waals surface area contributed by atoms with Crippen LogP contribution in [0, 0.1) is 5.92 Å². The average Bonchev–Trinajstić information content (AvgIpc) is 3.17. The van der Waals surface area contributed by atoms with Crippen molar-refractivity contribution in [1.82, 2.24) is 0 Å². The average molecular weight is 246 g/mol. The van der Waals surface area contributed by atoms with Crippen molar-refractivity contribution in [2.75, 3.05) is 6.61 Å². The highest BCUT2D eigenvalue weighted by molar-refractivity contribution is 5.22. The van der Waals surface area contributed by atoms with E-state index >= 15 is 0 Å². The third kappa shape index (κ3) is 2.54. The molecule has 0 radical (unpaired) electrons. The van der Waals surface area contributed by atoms with Crippen LogP contribution in [0.3, 0.4) is 0 Å². The Labute approximate surface area is 109 Å². The van der Waals surface area contributed by atoms with Crippen molar-refractivity contribution in [2.45, 2.75) is 50.7 Å². The molecule has 1 heterocycles. The van der Waals surface area contributed by atoms with Gasteiger partial charge in [-0.05, 0) is 37.8 Å². The molecule has 2 atom stereocenters. The predicted molar refractivity (Wildman–Crippen MR) is 71.8 cm³/mol. The highest BCUT2D eigenvalue weighted by Crippen LogP contribution is 2.41. The molecule has 2 fully saturated rings. The van der Waals surface area contributed by atoms with E-state index in [0.717, 1.165) is 12.4 Å². The molecule has 2 nitrogen and oxygen atoms in total. The van der Waals surface area contributed by atoms with Crippen LogP contribution < -0.4 is 4.74 Å². The van der Waals surface area contributed by atoms with E-state index in [4.69, 9.17) is 9.47 Å². The quantitative estimate of drug-likeness (QED) is 0.754. The van der Waals surface area contributed by atoms with Crippen LogP contribution in [0.5, 0.6) is 5.75 Å². The highest BCUT2D eigenvalue weighted by atomic mass is 16.6. The molecule has 0 amide bonds. The zero-order chi connectivity index (χ0) is 12.4. The zero-order valence-electron chi connectivity index (χ0n) is 11.1. The molecule has 3 rings (SSSR count). The molecule has 1 saturated carbocycles. The van der Waals surface area contributed by atoms with E-state index in [1.54, 1.807) is 0 Å². The van der Waals surface area contributed by atoms with Crippen LogP contribution in [0.2, 0.25) is 0 Å². The molecule has 1 saturated heterocycles. The van der Waals surface area contributed by atoms with E-state index in [9.17, 15) is 0 Å². The molecule has 2 aliphatic rings. The Morgan fingerprint density at radius 1 is 1.17 bits per heavy atom. The molecule has 0 N–H and O–H groups in total. The topological polar surface area (TPSA) is 21.8 Å². The molecule has 0 bridgehead atoms. The minimum Gasteiger partial charge on any atom is -0.487 e. The summed E-state index contributed by atoms with van der Waals surface area (Å²) < 4.78 is 11.9. The summed E-state index contributed by atoms with van der Waals surface area (Å²) in [7, 11) is 0. The lowest BCUT2D eigenvalue weighted by atomic mass is 9.81. The molecule has 2 heteroatoms. The number of hydrogen-bond donors (Lipinski definition) is 0. The minimum atomic E-state index is -0.0438. The Balaban J connectivity index is 1.73. The third-order valence-electron chi connectivity index (χ3n) is 4.29. The summed E-state index contributed by atoms with van der Waals surface area (Å²) in [6.45, 7) is 3.04. The van der Waals surface area contributed by atoms with Crippen molar-refractivity contribution in [3.63, 3.8) is 0 Å². The number of ether oxygens (including phenoxy) is 2. The van der Waals surface area contributed by atoms with Gasteiger partial charge in [0.05, 0.1) is 6.61 Å². The van der Waals surface area contributed by atoms with Gasteiger partial charge in [-0.25, -0.2) is 0 Å². The fourth-order valence-electron chi connectivity index (χ4n) is 3.08. The zero-order valence-corrected chi connectivity index (χ0v) is 11.1. The summed E-state index contributed by atoms with van der Waals surface area (Å²) >= 11 is 0. The largest absolute Gasteiger partial charge is 0.487 e. The Morgan fingerprint density at radius 3 is 2.44 bits per heavy atom. The molecular weight excluding hydrogens is 224 g/mol. The fourth-order valence-corrected chi connectivity index (χ4v) is 3.08. The molecule has 1 aliphatic carbocycles. The summed E-state index contributed by atoms with van der Waals surface area (Å²) in [5.74, 6) is 1.64. The highest BCUT2D eigenvalue weighted by Gasteiger charge is 2.52. The standard InChI is InChI=1S/C16H22O2/c1-16(12-17-16)15(13-8-4-2-5-9-13)18-14-10-6-3-7-11-14/h3,6-7,10-11,13,15H,2,4-5,8-9,12H2,1H3. The molecule has 1 aromatic carbocycles. The van der Waals surface area contributed by atoms with Crippen LogP contribution in [0.4, 0.5) is 0 Å². The Bertz CT molecular complexity index is 377. The number of rotatable bonds is 4. The maximum atomic E-state index is 6.26. The first-order valence-corrected chi connectivity index (χ1v) is 7.14. The minimum absolute atomic E-state index is 0.0438. The second-order valence-corrected chi connectivity index (χ2v) is 5.85. The number of epoxide rings is 1. The van der Waals surface area contributed by atoms with Crippen molar-refractivity contribution in [3.05, 3.63) is 30.3 Å². The lowest BCUT2D eigenvalue weighted by Gasteiger charge is -2.33. The van der Waals surface area contributed by atoms with Crippen molar-refractivity contribution in [1.29, 1.82) is 0 Å². The monoisotopic (exact) mass is 246 g/mol. The van der Waals surface area contributed by atoms with Crippen LogP contribution in [0.1, 0.15) is 39.0 Å². The lowest BCUT2D eigenvalue weighted by Crippen LogP contribution is -2.40. The first kappa shape index (κ1) is 12.0. The summed E-state index contributed by atoms with van der Waals surface area (Å²) in [5, 5.41) is 0. The van der Waals surface area contributed by atoms with Gasteiger partial charge in [0.25, 0.3) is 0 Å².